The van der Waals surface area contributed by atoms with E-state index in [1.54, 1.807) is 12.1 Å². The molecular weight excluding hydrogens is 286 g/mol. The molecule has 0 aliphatic carbocycles. The van der Waals surface area contributed by atoms with Gasteiger partial charge in [-0.2, -0.15) is 0 Å². The van der Waals surface area contributed by atoms with Crippen LogP contribution in [0.5, 0.6) is 5.75 Å². The first-order valence-electron chi connectivity index (χ1n) is 8.25. The summed E-state index contributed by atoms with van der Waals surface area (Å²) in [6.45, 7) is 5.53. The van der Waals surface area contributed by atoms with Crippen LogP contribution in [0.15, 0.2) is 48.5 Å². The van der Waals surface area contributed by atoms with Crippen LogP contribution in [0.2, 0.25) is 0 Å². The Morgan fingerprint density at radius 3 is 2.39 bits per heavy atom. The molecule has 0 aromatic heterocycles. The van der Waals surface area contributed by atoms with Crippen molar-refractivity contribution >= 4 is 5.91 Å². The van der Waals surface area contributed by atoms with Crippen molar-refractivity contribution in [2.24, 2.45) is 0 Å². The predicted molar refractivity (Wildman–Crippen MR) is 94.1 cm³/mol. The van der Waals surface area contributed by atoms with Gasteiger partial charge in [-0.3, -0.25) is 4.79 Å². The topological polar surface area (TPSA) is 38.3 Å². The van der Waals surface area contributed by atoms with Gasteiger partial charge in [0.05, 0.1) is 6.61 Å². The Bertz CT molecular complexity index is 603. The number of amides is 1. The second-order valence-electron chi connectivity index (χ2n) is 5.72. The highest BCUT2D eigenvalue weighted by Crippen LogP contribution is 2.12. The Morgan fingerprint density at radius 1 is 1.04 bits per heavy atom. The van der Waals surface area contributed by atoms with Crippen LogP contribution in [-0.2, 0) is 6.42 Å². The van der Waals surface area contributed by atoms with Gasteiger partial charge in [0, 0.05) is 12.1 Å². The van der Waals surface area contributed by atoms with E-state index in [4.69, 9.17) is 4.74 Å². The van der Waals surface area contributed by atoms with Gasteiger partial charge in [-0.05, 0) is 56.0 Å². The number of carbonyl (C=O) groups excluding carboxylic acids is 1. The van der Waals surface area contributed by atoms with E-state index >= 15 is 0 Å². The average Bonchev–Trinajstić information content (AvgIpc) is 2.58. The highest BCUT2D eigenvalue weighted by molar-refractivity contribution is 5.94. The zero-order valence-corrected chi connectivity index (χ0v) is 14.0. The summed E-state index contributed by atoms with van der Waals surface area (Å²) >= 11 is 0. The van der Waals surface area contributed by atoms with E-state index in [2.05, 4.69) is 43.4 Å². The molecule has 23 heavy (non-hydrogen) atoms. The van der Waals surface area contributed by atoms with Crippen LogP contribution in [0.4, 0.5) is 0 Å². The number of aryl methyl sites for hydroxylation is 2. The molecule has 3 heteroatoms. The Hall–Kier alpha value is -2.29. The van der Waals surface area contributed by atoms with Crippen molar-refractivity contribution in [3.63, 3.8) is 0 Å². The van der Waals surface area contributed by atoms with Gasteiger partial charge >= 0.3 is 0 Å². The molecule has 3 nitrogen and oxygen atoms in total. The van der Waals surface area contributed by atoms with Crippen LogP contribution in [0.25, 0.3) is 0 Å². The molecule has 0 radical (unpaired) electrons. The molecule has 0 fully saturated rings. The highest BCUT2D eigenvalue weighted by atomic mass is 16.5. The molecular formula is C20H25NO2. The lowest BCUT2D eigenvalue weighted by atomic mass is 10.1. The van der Waals surface area contributed by atoms with Crippen molar-refractivity contribution in [3.05, 3.63) is 65.2 Å². The number of hydrogen-bond donors (Lipinski definition) is 1. The lowest BCUT2D eigenvalue weighted by molar-refractivity contribution is 0.0953. The summed E-state index contributed by atoms with van der Waals surface area (Å²) in [5.41, 5.74) is 3.25. The van der Waals surface area contributed by atoms with Crippen molar-refractivity contribution in [2.75, 3.05) is 13.2 Å². The van der Waals surface area contributed by atoms with Crippen molar-refractivity contribution < 1.29 is 9.53 Å². The molecule has 0 saturated heterocycles. The monoisotopic (exact) mass is 311 g/mol. The Kier molecular flexibility index (Phi) is 6.67. The fourth-order valence-corrected chi connectivity index (χ4v) is 2.27. The second-order valence-corrected chi connectivity index (χ2v) is 5.72. The largest absolute Gasteiger partial charge is 0.494 e. The number of carbonyl (C=O) groups is 1. The quantitative estimate of drug-likeness (QED) is 0.744. The number of hydrogen-bond acceptors (Lipinski definition) is 2. The normalized spacial score (nSPS) is 10.3. The highest BCUT2D eigenvalue weighted by Gasteiger charge is 2.05. The molecule has 2 rings (SSSR count). The Morgan fingerprint density at radius 2 is 1.74 bits per heavy atom. The van der Waals surface area contributed by atoms with E-state index in [1.807, 2.05) is 12.1 Å². The van der Waals surface area contributed by atoms with Gasteiger partial charge in [0.2, 0.25) is 0 Å². The molecule has 0 saturated carbocycles. The first-order valence-corrected chi connectivity index (χ1v) is 8.25. The Balaban J connectivity index is 1.72. The van der Waals surface area contributed by atoms with Crippen LogP contribution in [0.3, 0.4) is 0 Å². The van der Waals surface area contributed by atoms with Gasteiger partial charge in [0.1, 0.15) is 5.75 Å². The van der Waals surface area contributed by atoms with Gasteiger partial charge in [0.15, 0.2) is 0 Å². The fourth-order valence-electron chi connectivity index (χ4n) is 2.27. The van der Waals surface area contributed by atoms with Crippen molar-refractivity contribution in [3.8, 4) is 5.75 Å². The molecule has 1 amide bonds. The van der Waals surface area contributed by atoms with Crippen molar-refractivity contribution in [1.82, 2.24) is 5.32 Å². The molecule has 0 atom stereocenters. The SMILES string of the molecule is CCCOc1ccc(C(=O)NCCCc2ccc(C)cc2)cc1. The molecule has 0 unspecified atom stereocenters. The summed E-state index contributed by atoms with van der Waals surface area (Å²) in [5.74, 6) is 0.777. The maximum absolute atomic E-state index is 12.1. The number of nitrogens with one attached hydrogen (secondary N) is 1. The minimum atomic E-state index is -0.0315. The zero-order valence-electron chi connectivity index (χ0n) is 14.0. The van der Waals surface area contributed by atoms with Crippen LogP contribution < -0.4 is 10.1 Å². The second kappa shape index (κ2) is 8.99. The van der Waals surface area contributed by atoms with Crippen molar-refractivity contribution in [1.29, 1.82) is 0 Å². The smallest absolute Gasteiger partial charge is 0.251 e. The summed E-state index contributed by atoms with van der Waals surface area (Å²) in [4.78, 5) is 12.1. The molecule has 2 aromatic rings. The summed E-state index contributed by atoms with van der Waals surface area (Å²) in [5, 5.41) is 2.96. The van der Waals surface area contributed by atoms with Gasteiger partial charge in [-0.15, -0.1) is 0 Å². The number of ether oxygens (including phenoxy) is 1. The maximum Gasteiger partial charge on any atom is 0.251 e. The minimum Gasteiger partial charge on any atom is -0.494 e. The first-order chi connectivity index (χ1) is 11.2. The van der Waals surface area contributed by atoms with Gasteiger partial charge in [-0.25, -0.2) is 0 Å². The zero-order chi connectivity index (χ0) is 16.5. The Labute approximate surface area is 138 Å². The fraction of sp³-hybridized carbons (Fsp3) is 0.350. The van der Waals surface area contributed by atoms with Crippen molar-refractivity contribution in [2.45, 2.75) is 33.1 Å². The molecule has 0 aliphatic heterocycles. The summed E-state index contributed by atoms with van der Waals surface area (Å²) in [7, 11) is 0. The summed E-state index contributed by atoms with van der Waals surface area (Å²) in [6, 6.07) is 15.8. The average molecular weight is 311 g/mol. The van der Waals surface area contributed by atoms with Gasteiger partial charge in [0.25, 0.3) is 5.91 Å². The molecule has 2 aromatic carbocycles. The van der Waals surface area contributed by atoms with E-state index in [0.29, 0.717) is 18.7 Å². The molecule has 0 heterocycles. The van der Waals surface area contributed by atoms with E-state index < -0.39 is 0 Å². The lowest BCUT2D eigenvalue weighted by Crippen LogP contribution is -2.24. The standard InChI is InChI=1S/C20H25NO2/c1-3-15-23-19-12-10-18(11-13-19)20(22)21-14-4-5-17-8-6-16(2)7-9-17/h6-13H,3-5,14-15H2,1-2H3,(H,21,22). The van der Waals surface area contributed by atoms with E-state index in [1.165, 1.54) is 11.1 Å². The predicted octanol–water partition coefficient (Wildman–Crippen LogP) is 4.15. The summed E-state index contributed by atoms with van der Waals surface area (Å²) in [6.07, 6.45) is 2.89. The molecule has 122 valence electrons. The minimum absolute atomic E-state index is 0.0315. The van der Waals surface area contributed by atoms with Gasteiger partial charge in [-0.1, -0.05) is 36.8 Å². The molecule has 1 N–H and O–H groups in total. The van der Waals surface area contributed by atoms with Crippen LogP contribution in [-0.4, -0.2) is 19.1 Å². The van der Waals surface area contributed by atoms with Crippen LogP contribution in [0.1, 0.15) is 41.3 Å². The number of rotatable bonds is 8. The lowest BCUT2D eigenvalue weighted by Gasteiger charge is -2.07. The molecule has 0 bridgehead atoms. The van der Waals surface area contributed by atoms with Gasteiger partial charge < -0.3 is 10.1 Å². The third-order valence-electron chi connectivity index (χ3n) is 3.64. The first kappa shape index (κ1) is 17.1. The third-order valence-corrected chi connectivity index (χ3v) is 3.64. The van der Waals surface area contributed by atoms with Crippen LogP contribution >= 0.6 is 0 Å². The van der Waals surface area contributed by atoms with E-state index in [9.17, 15) is 4.79 Å². The molecule has 0 spiro atoms. The third kappa shape index (κ3) is 5.78. The number of benzene rings is 2. The van der Waals surface area contributed by atoms with E-state index in [-0.39, 0.29) is 5.91 Å². The van der Waals surface area contributed by atoms with Crippen LogP contribution in [0, 0.1) is 6.92 Å². The van der Waals surface area contributed by atoms with E-state index in [0.717, 1.165) is 25.0 Å². The summed E-state index contributed by atoms with van der Waals surface area (Å²) < 4.78 is 5.51. The molecule has 0 aliphatic rings. The maximum atomic E-state index is 12.1.